The Labute approximate surface area is 120 Å². The Balaban J connectivity index is 1.84. The van der Waals surface area contributed by atoms with Gasteiger partial charge in [-0.3, -0.25) is 0 Å². The van der Waals surface area contributed by atoms with Crippen LogP contribution in [0.5, 0.6) is 11.5 Å². The summed E-state index contributed by atoms with van der Waals surface area (Å²) in [6.07, 6.45) is 0.909. The van der Waals surface area contributed by atoms with Crippen molar-refractivity contribution in [2.75, 3.05) is 20.3 Å². The zero-order valence-electron chi connectivity index (χ0n) is 11.8. The Kier molecular flexibility index (Phi) is 5.44. The molecule has 0 amide bonds. The summed E-state index contributed by atoms with van der Waals surface area (Å²) < 4.78 is 10.9. The fourth-order valence-electron chi connectivity index (χ4n) is 2.14. The van der Waals surface area contributed by atoms with Gasteiger partial charge in [0.1, 0.15) is 11.5 Å². The van der Waals surface area contributed by atoms with Crippen LogP contribution in [0.4, 0.5) is 0 Å². The van der Waals surface area contributed by atoms with E-state index in [1.54, 1.807) is 7.11 Å². The molecule has 106 valence electrons. The summed E-state index contributed by atoms with van der Waals surface area (Å²) >= 11 is 0. The first kappa shape index (κ1) is 14.4. The van der Waals surface area contributed by atoms with Crippen LogP contribution in [0, 0.1) is 0 Å². The molecular weight excluding hydrogens is 250 g/mol. The first-order chi connectivity index (χ1) is 9.83. The average Bonchev–Trinajstić information content (AvgIpc) is 2.53. The summed E-state index contributed by atoms with van der Waals surface area (Å²) in [5.41, 5.74) is 7.12. The normalized spacial score (nSPS) is 11.9. The maximum atomic E-state index is 5.85. The van der Waals surface area contributed by atoms with E-state index in [1.165, 1.54) is 5.56 Å². The Morgan fingerprint density at radius 3 is 2.20 bits per heavy atom. The monoisotopic (exact) mass is 271 g/mol. The molecule has 2 aromatic rings. The highest BCUT2D eigenvalue weighted by Gasteiger charge is 2.09. The lowest BCUT2D eigenvalue weighted by Crippen LogP contribution is -2.15. The van der Waals surface area contributed by atoms with Gasteiger partial charge >= 0.3 is 0 Å². The number of methoxy groups -OCH3 is 1. The lowest BCUT2D eigenvalue weighted by atomic mass is 9.96. The number of hydrogen-bond acceptors (Lipinski definition) is 3. The van der Waals surface area contributed by atoms with Crippen molar-refractivity contribution in [1.29, 1.82) is 0 Å². The first-order valence-corrected chi connectivity index (χ1v) is 6.85. The van der Waals surface area contributed by atoms with Crippen LogP contribution in [-0.4, -0.2) is 20.3 Å². The molecule has 2 rings (SSSR count). The van der Waals surface area contributed by atoms with E-state index in [-0.39, 0.29) is 0 Å². The standard InChI is InChI=1S/C17H21NO2/c1-19-16-7-9-17(10-8-16)20-12-11-15(13-18)14-5-3-2-4-6-14/h2-10,15H,11-13,18H2,1H3. The van der Waals surface area contributed by atoms with Crippen LogP contribution in [0.3, 0.4) is 0 Å². The van der Waals surface area contributed by atoms with Crippen LogP contribution >= 0.6 is 0 Å². The van der Waals surface area contributed by atoms with Crippen LogP contribution in [0.15, 0.2) is 54.6 Å². The number of hydrogen-bond donors (Lipinski definition) is 1. The van der Waals surface area contributed by atoms with Gasteiger partial charge in [0.2, 0.25) is 0 Å². The van der Waals surface area contributed by atoms with Gasteiger partial charge in [0, 0.05) is 0 Å². The number of nitrogens with two attached hydrogens (primary N) is 1. The van der Waals surface area contributed by atoms with E-state index in [4.69, 9.17) is 15.2 Å². The fraction of sp³-hybridized carbons (Fsp3) is 0.294. The third-order valence-electron chi connectivity index (χ3n) is 3.35. The van der Waals surface area contributed by atoms with E-state index in [0.29, 0.717) is 19.1 Å². The van der Waals surface area contributed by atoms with Gasteiger partial charge in [-0.25, -0.2) is 0 Å². The predicted octanol–water partition coefficient (Wildman–Crippen LogP) is 3.21. The summed E-state index contributed by atoms with van der Waals surface area (Å²) in [6, 6.07) is 18.0. The van der Waals surface area contributed by atoms with Crippen molar-refractivity contribution in [3.05, 3.63) is 60.2 Å². The molecule has 0 saturated heterocycles. The quantitative estimate of drug-likeness (QED) is 0.841. The Morgan fingerprint density at radius 1 is 0.950 bits per heavy atom. The second-order valence-electron chi connectivity index (χ2n) is 4.66. The molecular formula is C17H21NO2. The molecule has 0 aliphatic rings. The lowest BCUT2D eigenvalue weighted by molar-refractivity contribution is 0.297. The van der Waals surface area contributed by atoms with Crippen molar-refractivity contribution in [3.8, 4) is 11.5 Å². The van der Waals surface area contributed by atoms with Crippen LogP contribution in [0.2, 0.25) is 0 Å². The van der Waals surface area contributed by atoms with Gasteiger partial charge < -0.3 is 15.2 Å². The predicted molar refractivity (Wildman–Crippen MR) is 81.3 cm³/mol. The summed E-state index contributed by atoms with van der Waals surface area (Å²) in [5.74, 6) is 2.03. The molecule has 0 aliphatic heterocycles. The minimum absolute atomic E-state index is 0.342. The highest BCUT2D eigenvalue weighted by atomic mass is 16.5. The molecule has 2 N–H and O–H groups in total. The van der Waals surface area contributed by atoms with Gasteiger partial charge in [0.15, 0.2) is 0 Å². The third-order valence-corrected chi connectivity index (χ3v) is 3.35. The molecule has 0 spiro atoms. The zero-order chi connectivity index (χ0) is 14.2. The molecule has 0 aliphatic carbocycles. The minimum atomic E-state index is 0.342. The SMILES string of the molecule is COc1ccc(OCCC(CN)c2ccccc2)cc1. The minimum Gasteiger partial charge on any atom is -0.497 e. The molecule has 0 radical (unpaired) electrons. The van der Waals surface area contributed by atoms with Crippen LogP contribution in [0.25, 0.3) is 0 Å². The first-order valence-electron chi connectivity index (χ1n) is 6.85. The summed E-state index contributed by atoms with van der Waals surface area (Å²) in [5, 5.41) is 0. The molecule has 20 heavy (non-hydrogen) atoms. The molecule has 0 fully saturated rings. The van der Waals surface area contributed by atoms with E-state index in [1.807, 2.05) is 42.5 Å². The molecule has 1 unspecified atom stereocenters. The van der Waals surface area contributed by atoms with Gasteiger partial charge in [-0.2, -0.15) is 0 Å². The van der Waals surface area contributed by atoms with Crippen molar-refractivity contribution in [2.45, 2.75) is 12.3 Å². The average molecular weight is 271 g/mol. The topological polar surface area (TPSA) is 44.5 Å². The number of ether oxygens (including phenoxy) is 2. The molecule has 0 aromatic heterocycles. The smallest absolute Gasteiger partial charge is 0.119 e. The van der Waals surface area contributed by atoms with E-state index in [2.05, 4.69) is 12.1 Å². The van der Waals surface area contributed by atoms with Gasteiger partial charge in [-0.05, 0) is 48.7 Å². The van der Waals surface area contributed by atoms with Gasteiger partial charge in [0.25, 0.3) is 0 Å². The van der Waals surface area contributed by atoms with E-state index in [9.17, 15) is 0 Å². The highest BCUT2D eigenvalue weighted by Crippen LogP contribution is 2.20. The summed E-state index contributed by atoms with van der Waals surface area (Å²) in [6.45, 7) is 1.29. The fourth-order valence-corrected chi connectivity index (χ4v) is 2.14. The molecule has 0 heterocycles. The van der Waals surface area contributed by atoms with Gasteiger partial charge in [-0.1, -0.05) is 30.3 Å². The van der Waals surface area contributed by atoms with Crippen molar-refractivity contribution in [2.24, 2.45) is 5.73 Å². The number of rotatable bonds is 7. The maximum Gasteiger partial charge on any atom is 0.119 e. The van der Waals surface area contributed by atoms with Crippen LogP contribution < -0.4 is 15.2 Å². The van der Waals surface area contributed by atoms with Crippen molar-refractivity contribution >= 4 is 0 Å². The van der Waals surface area contributed by atoms with E-state index >= 15 is 0 Å². The summed E-state index contributed by atoms with van der Waals surface area (Å²) in [4.78, 5) is 0. The second kappa shape index (κ2) is 7.56. The number of benzene rings is 2. The maximum absolute atomic E-state index is 5.85. The molecule has 0 saturated carbocycles. The third kappa shape index (κ3) is 4.00. The Hall–Kier alpha value is -2.00. The Bertz CT molecular complexity index is 496. The van der Waals surface area contributed by atoms with Crippen LogP contribution in [0.1, 0.15) is 17.9 Å². The summed E-state index contributed by atoms with van der Waals surface area (Å²) in [7, 11) is 1.65. The Morgan fingerprint density at radius 2 is 1.60 bits per heavy atom. The zero-order valence-corrected chi connectivity index (χ0v) is 11.8. The van der Waals surface area contributed by atoms with Crippen molar-refractivity contribution in [3.63, 3.8) is 0 Å². The molecule has 1 atom stereocenters. The molecule has 0 bridgehead atoms. The second-order valence-corrected chi connectivity index (χ2v) is 4.66. The molecule has 3 nitrogen and oxygen atoms in total. The van der Waals surface area contributed by atoms with Gasteiger partial charge in [-0.15, -0.1) is 0 Å². The van der Waals surface area contributed by atoms with E-state index < -0.39 is 0 Å². The lowest BCUT2D eigenvalue weighted by Gasteiger charge is -2.15. The molecule has 3 heteroatoms. The largest absolute Gasteiger partial charge is 0.497 e. The van der Waals surface area contributed by atoms with Crippen molar-refractivity contribution < 1.29 is 9.47 Å². The van der Waals surface area contributed by atoms with Gasteiger partial charge in [0.05, 0.1) is 13.7 Å². The van der Waals surface area contributed by atoms with Crippen molar-refractivity contribution in [1.82, 2.24) is 0 Å². The molecule has 2 aromatic carbocycles. The van der Waals surface area contributed by atoms with Crippen LogP contribution in [-0.2, 0) is 0 Å². The van der Waals surface area contributed by atoms with E-state index in [0.717, 1.165) is 17.9 Å². The highest BCUT2D eigenvalue weighted by molar-refractivity contribution is 5.31.